The lowest BCUT2D eigenvalue weighted by Gasteiger charge is -2.43. The van der Waals surface area contributed by atoms with Crippen LogP contribution in [0.2, 0.25) is 5.04 Å². The van der Waals surface area contributed by atoms with Crippen LogP contribution in [0.3, 0.4) is 0 Å². The third-order valence-corrected chi connectivity index (χ3v) is 15.2. The molecule has 10 heteroatoms. The van der Waals surface area contributed by atoms with Crippen molar-refractivity contribution >= 4 is 45.6 Å². The smallest absolute Gasteiger partial charge is 0.270 e. The average molecular weight is 634 g/mol. The highest BCUT2D eigenvalue weighted by molar-refractivity contribution is 7.86. The molecular formula is C34H43N3O5SSi. The van der Waals surface area contributed by atoms with Crippen LogP contribution >= 0.6 is 0 Å². The van der Waals surface area contributed by atoms with Crippen LogP contribution in [0.15, 0.2) is 84.9 Å². The van der Waals surface area contributed by atoms with E-state index < -0.39 is 18.4 Å². The molecule has 1 aliphatic carbocycles. The van der Waals surface area contributed by atoms with Crippen LogP contribution in [0, 0.1) is 5.92 Å². The fourth-order valence-corrected chi connectivity index (χ4v) is 12.2. The summed E-state index contributed by atoms with van der Waals surface area (Å²) in [6, 6.07) is 28.7. The van der Waals surface area contributed by atoms with Gasteiger partial charge in [-0.25, -0.2) is 0 Å². The van der Waals surface area contributed by atoms with Crippen molar-refractivity contribution in [2.24, 2.45) is 5.92 Å². The van der Waals surface area contributed by atoms with Gasteiger partial charge in [0.25, 0.3) is 24.3 Å². The summed E-state index contributed by atoms with van der Waals surface area (Å²) in [4.78, 5) is 13.8. The highest BCUT2D eigenvalue weighted by Crippen LogP contribution is 2.37. The molecule has 3 aromatic carbocycles. The second kappa shape index (κ2) is 13.4. The minimum Gasteiger partial charge on any atom is -0.406 e. The molecule has 0 saturated heterocycles. The monoisotopic (exact) mass is 633 g/mol. The van der Waals surface area contributed by atoms with E-state index in [0.29, 0.717) is 18.8 Å². The predicted molar refractivity (Wildman–Crippen MR) is 177 cm³/mol. The minimum atomic E-state index is -3.50. The number of rotatable bonds is 11. The average Bonchev–Trinajstić information content (AvgIpc) is 3.39. The van der Waals surface area contributed by atoms with Crippen molar-refractivity contribution in [3.8, 4) is 0 Å². The van der Waals surface area contributed by atoms with E-state index in [9.17, 15) is 13.2 Å². The lowest BCUT2D eigenvalue weighted by molar-refractivity contribution is 0.0912. The Morgan fingerprint density at radius 1 is 0.909 bits per heavy atom. The molecule has 0 aliphatic heterocycles. The Hall–Kier alpha value is -3.31. The van der Waals surface area contributed by atoms with Crippen LogP contribution in [0.1, 0.15) is 56.9 Å². The lowest BCUT2D eigenvalue weighted by atomic mass is 9.87. The van der Waals surface area contributed by atoms with Gasteiger partial charge in [-0.1, -0.05) is 99.6 Å². The summed E-state index contributed by atoms with van der Waals surface area (Å²) < 4.78 is 37.3. The summed E-state index contributed by atoms with van der Waals surface area (Å²) in [5, 5.41) is 11.1. The molecule has 0 bridgehead atoms. The van der Waals surface area contributed by atoms with Gasteiger partial charge in [0.1, 0.15) is 5.69 Å². The first-order chi connectivity index (χ1) is 21.0. The number of amides is 1. The lowest BCUT2D eigenvalue weighted by Crippen LogP contribution is -2.66. The molecule has 1 N–H and O–H groups in total. The zero-order valence-electron chi connectivity index (χ0n) is 26.0. The second-order valence-electron chi connectivity index (χ2n) is 12.7. The van der Waals surface area contributed by atoms with Gasteiger partial charge in [0.2, 0.25) is 0 Å². The summed E-state index contributed by atoms with van der Waals surface area (Å²) in [7, 11) is -5.04. The topological polar surface area (TPSA) is 99.5 Å². The van der Waals surface area contributed by atoms with E-state index >= 15 is 0 Å². The molecule has 5 rings (SSSR count). The zero-order chi connectivity index (χ0) is 31.4. The van der Waals surface area contributed by atoms with Gasteiger partial charge in [-0.2, -0.15) is 13.5 Å². The Labute approximate surface area is 262 Å². The van der Waals surface area contributed by atoms with Gasteiger partial charge in [0.15, 0.2) is 0 Å². The standard InChI is InChI=1S/C34H43N3O5SSi/c1-34(2,3)44(28-13-7-5-8-14-28,29-15-9-6-10-16-29)42-24-23-37-32(30-17-11-12-18-31(30)36-37)33(38)35-27-21-19-26(20-22-27)25-43(39,40)41-4/h5-18,26-27H,19-25H2,1-4H3,(H,35,38). The van der Waals surface area contributed by atoms with Crippen LogP contribution < -0.4 is 15.7 Å². The number of nitrogens with one attached hydrogen (secondary N) is 1. The number of carbonyl (C=O) groups is 1. The van der Waals surface area contributed by atoms with Crippen LogP contribution in [0.4, 0.5) is 0 Å². The molecular weight excluding hydrogens is 591 g/mol. The van der Waals surface area contributed by atoms with E-state index in [4.69, 9.17) is 9.52 Å². The maximum atomic E-state index is 13.8. The van der Waals surface area contributed by atoms with Crippen LogP contribution in [-0.2, 0) is 25.3 Å². The third-order valence-electron chi connectivity index (χ3n) is 8.78. The van der Waals surface area contributed by atoms with E-state index in [1.807, 2.05) is 36.4 Å². The fourth-order valence-electron chi connectivity index (χ4n) is 6.61. The number of benzene rings is 3. The molecule has 1 aromatic heterocycles. The Morgan fingerprint density at radius 3 is 2.05 bits per heavy atom. The molecule has 0 radical (unpaired) electrons. The number of hydrogen-bond donors (Lipinski definition) is 1. The van der Waals surface area contributed by atoms with Crippen molar-refractivity contribution in [2.75, 3.05) is 19.5 Å². The van der Waals surface area contributed by atoms with Crippen LogP contribution in [0.25, 0.3) is 10.9 Å². The molecule has 234 valence electrons. The number of aromatic nitrogens is 2. The van der Waals surface area contributed by atoms with Gasteiger partial charge >= 0.3 is 0 Å². The first kappa shape index (κ1) is 32.1. The summed E-state index contributed by atoms with van der Waals surface area (Å²) in [6.07, 6.45) is 2.89. The van der Waals surface area contributed by atoms with Gasteiger partial charge in [-0.15, -0.1) is 0 Å². The number of fused-ring (bicyclic) bond motifs is 1. The van der Waals surface area contributed by atoms with Gasteiger partial charge in [-0.3, -0.25) is 13.7 Å². The minimum absolute atomic E-state index is 0.0207. The van der Waals surface area contributed by atoms with Gasteiger partial charge in [-0.05, 0) is 53.1 Å². The Morgan fingerprint density at radius 2 is 1.48 bits per heavy atom. The summed E-state index contributed by atoms with van der Waals surface area (Å²) in [5.41, 5.74) is 1.28. The predicted octanol–water partition coefficient (Wildman–Crippen LogP) is 4.88. The molecule has 0 atom stereocenters. The molecule has 0 spiro atoms. The zero-order valence-corrected chi connectivity index (χ0v) is 27.8. The molecule has 0 unspecified atom stereocenters. The van der Waals surface area contributed by atoms with Crippen molar-refractivity contribution < 1.29 is 21.8 Å². The van der Waals surface area contributed by atoms with Gasteiger partial charge in [0.05, 0.1) is 31.5 Å². The normalized spacial score (nSPS) is 17.9. The first-order valence-corrected chi connectivity index (χ1v) is 18.8. The quantitative estimate of drug-likeness (QED) is 0.187. The van der Waals surface area contributed by atoms with Gasteiger partial charge in [0, 0.05) is 11.4 Å². The van der Waals surface area contributed by atoms with Crippen LogP contribution in [0.5, 0.6) is 0 Å². The number of nitrogens with zero attached hydrogens (tertiary/aromatic N) is 2. The van der Waals surface area contributed by atoms with E-state index in [2.05, 4.69) is 78.8 Å². The Balaban J connectivity index is 1.37. The van der Waals surface area contributed by atoms with Crippen molar-refractivity contribution in [1.29, 1.82) is 0 Å². The third kappa shape index (κ3) is 6.83. The fraction of sp³-hybridized carbons (Fsp3) is 0.412. The number of hydrogen-bond acceptors (Lipinski definition) is 6. The maximum Gasteiger partial charge on any atom is 0.270 e. The van der Waals surface area contributed by atoms with Gasteiger partial charge < -0.3 is 9.74 Å². The van der Waals surface area contributed by atoms with E-state index in [0.717, 1.165) is 36.6 Å². The highest BCUT2D eigenvalue weighted by atomic mass is 32.2. The highest BCUT2D eigenvalue weighted by Gasteiger charge is 2.50. The van der Waals surface area contributed by atoms with Crippen molar-refractivity contribution in [2.45, 2.75) is 64.1 Å². The molecule has 1 fully saturated rings. The first-order valence-electron chi connectivity index (χ1n) is 15.3. The SMILES string of the molecule is COS(=O)(=O)CC1CCC(NC(=O)c2c3ccccc3nn2CCO[Si](c2ccccc2)(c2ccccc2)C(C)(C)C)CC1. The van der Waals surface area contributed by atoms with E-state index in [1.165, 1.54) is 17.5 Å². The molecule has 1 heterocycles. The Bertz CT molecular complexity index is 1620. The molecule has 1 amide bonds. The molecule has 1 aliphatic rings. The summed E-state index contributed by atoms with van der Waals surface area (Å²) in [6.45, 7) is 7.56. The molecule has 44 heavy (non-hydrogen) atoms. The van der Waals surface area contributed by atoms with Crippen molar-refractivity contribution in [3.05, 3.63) is 90.6 Å². The Kier molecular flexibility index (Phi) is 9.74. The summed E-state index contributed by atoms with van der Waals surface area (Å²) in [5.74, 6) is -0.109. The number of carbonyl (C=O) groups excluding carboxylic acids is 1. The van der Waals surface area contributed by atoms with E-state index in [1.54, 1.807) is 4.68 Å². The second-order valence-corrected chi connectivity index (χ2v) is 18.8. The molecule has 1 saturated carbocycles. The van der Waals surface area contributed by atoms with Crippen molar-refractivity contribution in [1.82, 2.24) is 15.1 Å². The van der Waals surface area contributed by atoms with Crippen molar-refractivity contribution in [3.63, 3.8) is 0 Å². The van der Waals surface area contributed by atoms with E-state index in [-0.39, 0.29) is 28.7 Å². The molecule has 8 nitrogen and oxygen atoms in total. The molecule has 4 aromatic rings. The summed E-state index contributed by atoms with van der Waals surface area (Å²) >= 11 is 0. The largest absolute Gasteiger partial charge is 0.406 e. The van der Waals surface area contributed by atoms with Crippen LogP contribution in [-0.4, -0.2) is 57.9 Å². The maximum absolute atomic E-state index is 13.8.